The van der Waals surface area contributed by atoms with Crippen LogP contribution in [0.1, 0.15) is 180 Å². The lowest BCUT2D eigenvalue weighted by Gasteiger charge is -2.37. The molecule has 2 unspecified atom stereocenters. The number of carboxylic acids is 1. The standard InChI is InChI=1S/C72H80N2O5/c1-47(2)45-73-65-57(51-24-20-17-21-25-51)44-59(63(71(9,10)11)64(65)72(12,13)14)61(75)40-30-48-28-34-54(35-29-48)68(78)79-62(41-31-49-26-32-53(33-27-49)67(76)77)55-42-58(52-36-38-56(39-37-52)69(3,4)5)66(60(43-55)70(6,7)8)74(15)46-50-22-18-16-19-23-50/h16-29,32-39,42-44,47,61-62,73,75H,45-46H2,1-15H3,(H,76,77). The van der Waals surface area contributed by atoms with E-state index in [4.69, 9.17) is 4.74 Å². The lowest BCUT2D eigenvalue weighted by atomic mass is 9.70. The van der Waals surface area contributed by atoms with E-state index in [0.717, 1.165) is 62.4 Å². The second-order valence-electron chi connectivity index (χ2n) is 25.3. The lowest BCUT2D eigenvalue weighted by molar-refractivity contribution is 0.0407. The van der Waals surface area contributed by atoms with Crippen LogP contribution in [-0.4, -0.2) is 35.7 Å². The molecule has 0 amide bonds. The molecule has 0 spiro atoms. The summed E-state index contributed by atoms with van der Waals surface area (Å²) in [5.74, 6) is 11.7. The Morgan fingerprint density at radius 3 is 1.65 bits per heavy atom. The maximum Gasteiger partial charge on any atom is 0.339 e. The number of carboxylic acid groups (broad SMARTS) is 1. The van der Waals surface area contributed by atoms with Gasteiger partial charge in [0.1, 0.15) is 6.10 Å². The molecule has 0 radical (unpaired) electrons. The van der Waals surface area contributed by atoms with E-state index >= 15 is 0 Å². The van der Waals surface area contributed by atoms with Gasteiger partial charge in [0.05, 0.1) is 11.1 Å². The van der Waals surface area contributed by atoms with Crippen molar-refractivity contribution in [3.8, 4) is 45.9 Å². The number of esters is 1. The molecule has 0 heterocycles. The fourth-order valence-electron chi connectivity index (χ4n) is 10.0. The molecule has 0 saturated heterocycles. The Bertz CT molecular complexity index is 3400. The molecule has 7 heteroatoms. The number of carbonyl (C=O) groups excluding carboxylic acids is 1. The number of nitrogens with zero attached hydrogens (tertiary/aromatic N) is 1. The third-order valence-electron chi connectivity index (χ3n) is 14.1. The van der Waals surface area contributed by atoms with Crippen molar-refractivity contribution in [1.82, 2.24) is 0 Å². The Hall–Kier alpha value is -7.84. The van der Waals surface area contributed by atoms with Crippen molar-refractivity contribution in [1.29, 1.82) is 0 Å². The summed E-state index contributed by atoms with van der Waals surface area (Å²) in [7, 11) is 2.12. The van der Waals surface area contributed by atoms with Gasteiger partial charge in [-0.15, -0.1) is 0 Å². The van der Waals surface area contributed by atoms with Crippen molar-refractivity contribution in [2.24, 2.45) is 5.92 Å². The molecule has 0 saturated carbocycles. The summed E-state index contributed by atoms with van der Waals surface area (Å²) >= 11 is 0. The van der Waals surface area contributed by atoms with Crippen LogP contribution in [0.2, 0.25) is 0 Å². The van der Waals surface area contributed by atoms with Crippen LogP contribution in [-0.2, 0) is 32.9 Å². The Morgan fingerprint density at radius 1 is 0.595 bits per heavy atom. The molecule has 0 aromatic heterocycles. The Kier molecular flexibility index (Phi) is 17.9. The number of aliphatic hydroxyl groups is 1. The first-order valence-corrected chi connectivity index (χ1v) is 27.5. The van der Waals surface area contributed by atoms with Crippen molar-refractivity contribution < 1.29 is 24.5 Å². The van der Waals surface area contributed by atoms with E-state index < -0.39 is 24.1 Å². The van der Waals surface area contributed by atoms with Gasteiger partial charge in [0.15, 0.2) is 6.10 Å². The highest BCUT2D eigenvalue weighted by Gasteiger charge is 2.35. The van der Waals surface area contributed by atoms with Gasteiger partial charge >= 0.3 is 11.9 Å². The van der Waals surface area contributed by atoms with Crippen LogP contribution in [0.25, 0.3) is 22.3 Å². The van der Waals surface area contributed by atoms with E-state index in [2.05, 4.69) is 217 Å². The topological polar surface area (TPSA) is 99.1 Å². The normalized spacial score (nSPS) is 12.6. The predicted molar refractivity (Wildman–Crippen MR) is 327 cm³/mol. The zero-order chi connectivity index (χ0) is 57.6. The predicted octanol–water partition coefficient (Wildman–Crippen LogP) is 16.6. The molecule has 7 rings (SSSR count). The largest absolute Gasteiger partial charge is 0.478 e. The summed E-state index contributed by atoms with van der Waals surface area (Å²) in [6.07, 6.45) is -2.16. The molecular weight excluding hydrogens is 973 g/mol. The van der Waals surface area contributed by atoms with Gasteiger partial charge in [0, 0.05) is 59.3 Å². The Morgan fingerprint density at radius 2 is 1.13 bits per heavy atom. The number of anilines is 2. The van der Waals surface area contributed by atoms with Crippen LogP contribution >= 0.6 is 0 Å². The smallest absolute Gasteiger partial charge is 0.339 e. The van der Waals surface area contributed by atoms with Crippen molar-refractivity contribution in [3.63, 3.8) is 0 Å². The lowest BCUT2D eigenvalue weighted by Crippen LogP contribution is -2.27. The van der Waals surface area contributed by atoms with Crippen molar-refractivity contribution in [2.45, 2.75) is 137 Å². The molecule has 0 aliphatic rings. The molecule has 7 nitrogen and oxygen atoms in total. The van der Waals surface area contributed by atoms with E-state index in [1.54, 1.807) is 36.4 Å². The molecule has 0 aliphatic carbocycles. The van der Waals surface area contributed by atoms with Crippen molar-refractivity contribution in [3.05, 3.63) is 213 Å². The van der Waals surface area contributed by atoms with E-state index in [1.807, 2.05) is 24.3 Å². The van der Waals surface area contributed by atoms with Crippen LogP contribution < -0.4 is 10.2 Å². The average Bonchev–Trinajstić information content (AvgIpc) is 3.58. The van der Waals surface area contributed by atoms with Gasteiger partial charge in [-0.1, -0.05) is 200 Å². The summed E-state index contributed by atoms with van der Waals surface area (Å²) in [4.78, 5) is 28.6. The average molecular weight is 1050 g/mol. The van der Waals surface area contributed by atoms with Gasteiger partial charge in [0.2, 0.25) is 0 Å². The van der Waals surface area contributed by atoms with Crippen LogP contribution in [0, 0.1) is 29.6 Å². The van der Waals surface area contributed by atoms with Gasteiger partial charge < -0.3 is 25.2 Å². The van der Waals surface area contributed by atoms with Gasteiger partial charge in [0.25, 0.3) is 0 Å². The number of aliphatic hydroxyl groups excluding tert-OH is 1. The third kappa shape index (κ3) is 14.7. The minimum Gasteiger partial charge on any atom is -0.478 e. The zero-order valence-corrected chi connectivity index (χ0v) is 49.1. The molecule has 79 heavy (non-hydrogen) atoms. The summed E-state index contributed by atoms with van der Waals surface area (Å²) < 4.78 is 6.49. The van der Waals surface area contributed by atoms with E-state index in [1.165, 1.54) is 23.3 Å². The maximum atomic E-state index is 14.5. The molecule has 408 valence electrons. The number of aromatic carboxylic acids is 1. The number of hydrogen-bond acceptors (Lipinski definition) is 6. The first-order chi connectivity index (χ1) is 37.1. The number of benzene rings is 7. The number of ether oxygens (including phenoxy) is 1. The van der Waals surface area contributed by atoms with Gasteiger partial charge in [-0.3, -0.25) is 0 Å². The molecule has 0 aliphatic heterocycles. The van der Waals surface area contributed by atoms with E-state index in [0.29, 0.717) is 34.7 Å². The fraction of sp³-hybridized carbons (Fsp3) is 0.333. The second kappa shape index (κ2) is 24.0. The number of carbonyl (C=O) groups is 2. The van der Waals surface area contributed by atoms with E-state index in [-0.39, 0.29) is 27.2 Å². The molecular formula is C72H80N2O5. The first kappa shape index (κ1) is 58.8. The minimum atomic E-state index is -1.12. The third-order valence-corrected chi connectivity index (χ3v) is 14.1. The zero-order valence-electron chi connectivity index (χ0n) is 49.1. The molecule has 0 bridgehead atoms. The van der Waals surface area contributed by atoms with Gasteiger partial charge in [-0.05, 0) is 145 Å². The van der Waals surface area contributed by atoms with Crippen LogP contribution in [0.4, 0.5) is 11.4 Å². The maximum absolute atomic E-state index is 14.5. The minimum absolute atomic E-state index is 0.0506. The van der Waals surface area contributed by atoms with Crippen molar-refractivity contribution >= 4 is 23.3 Å². The van der Waals surface area contributed by atoms with Crippen molar-refractivity contribution in [2.75, 3.05) is 23.8 Å². The van der Waals surface area contributed by atoms with Crippen LogP contribution in [0.5, 0.6) is 0 Å². The molecule has 3 N–H and O–H groups in total. The summed E-state index contributed by atoms with van der Waals surface area (Å²) in [5.41, 5.74) is 13.9. The van der Waals surface area contributed by atoms with E-state index in [9.17, 15) is 19.8 Å². The summed E-state index contributed by atoms with van der Waals surface area (Å²) in [6.45, 7) is 32.3. The highest BCUT2D eigenvalue weighted by Crippen LogP contribution is 2.48. The molecule has 7 aromatic carbocycles. The molecule has 0 fully saturated rings. The Balaban J connectivity index is 1.30. The van der Waals surface area contributed by atoms with Crippen LogP contribution in [0.3, 0.4) is 0 Å². The second-order valence-corrected chi connectivity index (χ2v) is 25.3. The highest BCUT2D eigenvalue weighted by molar-refractivity contribution is 5.90. The number of nitrogens with one attached hydrogen (secondary N) is 1. The fourth-order valence-corrected chi connectivity index (χ4v) is 10.0. The molecule has 7 aromatic rings. The monoisotopic (exact) mass is 1050 g/mol. The first-order valence-electron chi connectivity index (χ1n) is 27.5. The van der Waals surface area contributed by atoms with Gasteiger partial charge in [-0.25, -0.2) is 9.59 Å². The molecule has 2 atom stereocenters. The summed E-state index contributed by atoms with van der Waals surface area (Å²) in [5, 5.41) is 25.7. The number of hydrogen-bond donors (Lipinski definition) is 3. The van der Waals surface area contributed by atoms with Crippen LogP contribution in [0.15, 0.2) is 152 Å². The SMILES string of the molecule is CC(C)CNc1c(-c2ccccc2)cc(C(O)C#Cc2ccc(C(=O)OC(C#Cc3ccc(C(=O)O)cc3)c3cc(-c4ccc(C(C)(C)C)cc4)c(N(C)Cc4ccccc4)c(C(C)(C)C)c3)cc2)c(C(C)(C)C)c1C(C)(C)C. The quantitative estimate of drug-likeness (QED) is 0.0781. The Labute approximate surface area is 471 Å². The highest BCUT2D eigenvalue weighted by atomic mass is 16.5. The van der Waals surface area contributed by atoms with Gasteiger partial charge in [-0.2, -0.15) is 0 Å². The number of rotatable bonds is 13. The summed E-state index contributed by atoms with van der Waals surface area (Å²) in [6, 6.07) is 49.0.